The molecule has 58 heavy (non-hydrogen) atoms. The largest absolute Gasteiger partial charge is 0.492 e. The van der Waals surface area contributed by atoms with E-state index >= 15 is 0 Å². The number of benzene rings is 2. The summed E-state index contributed by atoms with van der Waals surface area (Å²) in [6.07, 6.45) is 1.58. The molecule has 2 aromatic carbocycles. The highest BCUT2D eigenvalue weighted by molar-refractivity contribution is 5.96. The number of carbonyl (C=O) groups excluding carboxylic acids is 5. The molecule has 318 valence electrons. The number of carbonyl (C=O) groups is 5. The number of cyclic esters (lactones) is 2. The molecule has 4 atom stereocenters. The highest BCUT2D eigenvalue weighted by Crippen LogP contribution is 2.46. The van der Waals surface area contributed by atoms with Gasteiger partial charge in [0.1, 0.15) is 24.0 Å². The molecule has 2 bridgehead atoms. The fourth-order valence-electron chi connectivity index (χ4n) is 7.05. The molecule has 0 aliphatic carbocycles. The quantitative estimate of drug-likeness (QED) is 0.105. The molecule has 14 nitrogen and oxygen atoms in total. The van der Waals surface area contributed by atoms with Crippen LogP contribution >= 0.6 is 0 Å². The van der Waals surface area contributed by atoms with Crippen molar-refractivity contribution >= 4 is 29.8 Å². The second-order valence-electron chi connectivity index (χ2n) is 15.3. The number of nitrogens with zero attached hydrogens (tertiary/aromatic N) is 1. The van der Waals surface area contributed by atoms with Crippen LogP contribution in [0.3, 0.4) is 0 Å². The molecular formula is C44H59NO13. The van der Waals surface area contributed by atoms with Crippen molar-refractivity contribution < 1.29 is 62.6 Å². The third-order valence-electron chi connectivity index (χ3n) is 10.6. The standard InChI is InChI=1S/C44H59NO13/c1-7-10-11-12-13-14-37(47)57-40-32(25-39(49)53-6)23-33-26-34(27-46)56-38(48)21-22-54-36-20-19-31(29-15-17-30(18-16-29)41(50)45(8-2)9-3)24-35(36)42(51)55-28-43(4,5)44(40,52)58-33/h15-20,24-25,33-34,40,46,52H,7-14,21-23,26-28H2,1-6H3/b32-25+/t33-,34+,40-,44+/m0/s1. The van der Waals surface area contributed by atoms with Crippen molar-refractivity contribution in [2.24, 2.45) is 5.41 Å². The molecule has 1 fully saturated rings. The van der Waals surface area contributed by atoms with Crippen molar-refractivity contribution in [2.75, 3.05) is 40.0 Å². The van der Waals surface area contributed by atoms with E-state index < -0.39 is 66.6 Å². The Morgan fingerprint density at radius 3 is 2.29 bits per heavy atom. The number of amides is 1. The first kappa shape index (κ1) is 45.9. The van der Waals surface area contributed by atoms with E-state index in [1.54, 1.807) is 61.2 Å². The van der Waals surface area contributed by atoms with Gasteiger partial charge in [0.15, 0.2) is 6.10 Å². The molecule has 2 aliphatic rings. The van der Waals surface area contributed by atoms with Gasteiger partial charge in [0.05, 0.1) is 38.3 Å². The van der Waals surface area contributed by atoms with E-state index in [9.17, 15) is 34.2 Å². The topological polar surface area (TPSA) is 184 Å². The number of rotatable bonds is 13. The number of unbranched alkanes of at least 4 members (excludes halogenated alkanes) is 4. The fourth-order valence-corrected chi connectivity index (χ4v) is 7.05. The average molecular weight is 810 g/mol. The SMILES string of the molecule is CCCCCCCC(=O)O[C@H]1/C(=C/C(=O)OC)C[C@H]2C[C@H](CO)OC(=O)CCOc3ccc(-c4ccc(C(=O)N(CC)CC)cc4)cc3C(=O)OCC(C)(C)[C@]1(O)O2. The number of esters is 4. The second kappa shape index (κ2) is 21.3. The fraction of sp³-hybridized carbons (Fsp3) is 0.568. The van der Waals surface area contributed by atoms with Gasteiger partial charge in [0.25, 0.3) is 5.91 Å². The summed E-state index contributed by atoms with van der Waals surface area (Å²) in [5.74, 6) is -5.32. The van der Waals surface area contributed by atoms with Gasteiger partial charge in [0.2, 0.25) is 5.79 Å². The van der Waals surface area contributed by atoms with Crippen molar-refractivity contribution in [1.29, 1.82) is 0 Å². The summed E-state index contributed by atoms with van der Waals surface area (Å²) in [5.41, 5.74) is 0.476. The first-order chi connectivity index (χ1) is 27.7. The summed E-state index contributed by atoms with van der Waals surface area (Å²) in [6.45, 7) is 8.97. The molecule has 2 heterocycles. The summed E-state index contributed by atoms with van der Waals surface area (Å²) < 4.78 is 34.6. The van der Waals surface area contributed by atoms with Crippen LogP contribution in [0.15, 0.2) is 54.1 Å². The summed E-state index contributed by atoms with van der Waals surface area (Å²) in [6, 6.07) is 11.8. The van der Waals surface area contributed by atoms with E-state index in [2.05, 4.69) is 6.92 Å². The zero-order valence-electron chi connectivity index (χ0n) is 34.6. The lowest BCUT2D eigenvalue weighted by atomic mass is 9.75. The van der Waals surface area contributed by atoms with Crippen LogP contribution in [0.1, 0.15) is 113 Å². The summed E-state index contributed by atoms with van der Waals surface area (Å²) >= 11 is 0. The molecule has 0 aromatic heterocycles. The third-order valence-corrected chi connectivity index (χ3v) is 10.6. The van der Waals surface area contributed by atoms with Gasteiger partial charge in [-0.3, -0.25) is 14.4 Å². The number of ether oxygens (including phenoxy) is 6. The summed E-state index contributed by atoms with van der Waals surface area (Å²) in [4.78, 5) is 67.6. The lowest BCUT2D eigenvalue weighted by Gasteiger charge is -2.51. The molecule has 14 heteroatoms. The number of hydrogen-bond acceptors (Lipinski definition) is 13. The van der Waals surface area contributed by atoms with Gasteiger partial charge in [-0.1, -0.05) is 64.7 Å². The van der Waals surface area contributed by atoms with Gasteiger partial charge < -0.3 is 43.5 Å². The van der Waals surface area contributed by atoms with Crippen molar-refractivity contribution in [3.8, 4) is 16.9 Å². The van der Waals surface area contributed by atoms with Gasteiger partial charge in [-0.15, -0.1) is 0 Å². The minimum Gasteiger partial charge on any atom is -0.492 e. The van der Waals surface area contributed by atoms with Crippen LogP contribution in [-0.2, 0) is 38.1 Å². The Labute approximate surface area is 340 Å². The van der Waals surface area contributed by atoms with E-state index in [1.807, 2.05) is 13.8 Å². The van der Waals surface area contributed by atoms with Crippen LogP contribution in [0.5, 0.6) is 5.75 Å². The second-order valence-corrected chi connectivity index (χ2v) is 15.3. The molecule has 0 radical (unpaired) electrons. The predicted molar refractivity (Wildman–Crippen MR) is 213 cm³/mol. The van der Waals surface area contributed by atoms with Crippen molar-refractivity contribution in [3.63, 3.8) is 0 Å². The van der Waals surface area contributed by atoms with E-state index in [-0.39, 0.29) is 55.1 Å². The van der Waals surface area contributed by atoms with Crippen LogP contribution in [0.4, 0.5) is 0 Å². The Morgan fingerprint density at radius 1 is 0.948 bits per heavy atom. The first-order valence-corrected chi connectivity index (χ1v) is 20.2. The Balaban J connectivity index is 1.73. The number of hydrogen-bond donors (Lipinski definition) is 2. The van der Waals surface area contributed by atoms with E-state index in [0.717, 1.165) is 31.8 Å². The minimum absolute atomic E-state index is 0.0112. The van der Waals surface area contributed by atoms with Gasteiger partial charge in [0, 0.05) is 37.6 Å². The maximum Gasteiger partial charge on any atom is 0.341 e. The molecule has 2 aromatic rings. The lowest BCUT2D eigenvalue weighted by molar-refractivity contribution is -0.340. The molecule has 0 saturated carbocycles. The normalized spacial score (nSPS) is 23.1. The Hall–Kier alpha value is -4.79. The van der Waals surface area contributed by atoms with Crippen molar-refractivity contribution in [2.45, 2.75) is 117 Å². The van der Waals surface area contributed by atoms with Gasteiger partial charge in [-0.2, -0.15) is 0 Å². The van der Waals surface area contributed by atoms with Crippen LogP contribution in [0.25, 0.3) is 11.1 Å². The molecule has 2 N–H and O–H groups in total. The summed E-state index contributed by atoms with van der Waals surface area (Å²) in [5, 5.41) is 22.9. The lowest BCUT2D eigenvalue weighted by Crippen LogP contribution is -2.63. The minimum atomic E-state index is -2.42. The molecule has 1 saturated heterocycles. The molecule has 1 amide bonds. The maximum absolute atomic E-state index is 14.0. The zero-order valence-corrected chi connectivity index (χ0v) is 34.6. The van der Waals surface area contributed by atoms with Crippen LogP contribution in [0, 0.1) is 5.41 Å². The highest BCUT2D eigenvalue weighted by atomic mass is 16.7. The van der Waals surface area contributed by atoms with Crippen LogP contribution in [-0.4, -0.2) is 109 Å². The van der Waals surface area contributed by atoms with Gasteiger partial charge in [-0.05, 0) is 67.7 Å². The first-order valence-electron chi connectivity index (χ1n) is 20.2. The average Bonchev–Trinajstić information content (AvgIpc) is 3.21. The molecular weight excluding hydrogens is 750 g/mol. The molecule has 4 rings (SSSR count). The Kier molecular flexibility index (Phi) is 16.8. The monoisotopic (exact) mass is 809 g/mol. The van der Waals surface area contributed by atoms with E-state index in [1.165, 1.54) is 7.11 Å². The van der Waals surface area contributed by atoms with Crippen molar-refractivity contribution in [3.05, 3.63) is 65.2 Å². The molecule has 2 aliphatic heterocycles. The van der Waals surface area contributed by atoms with Crippen LogP contribution < -0.4 is 4.74 Å². The Morgan fingerprint density at radius 2 is 1.64 bits per heavy atom. The van der Waals surface area contributed by atoms with Gasteiger partial charge >= 0.3 is 23.9 Å². The van der Waals surface area contributed by atoms with Crippen LogP contribution in [0.2, 0.25) is 0 Å². The number of methoxy groups -OCH3 is 1. The number of fused-ring (bicyclic) bond motifs is 3. The van der Waals surface area contributed by atoms with Crippen molar-refractivity contribution in [1.82, 2.24) is 4.90 Å². The zero-order chi connectivity index (χ0) is 42.5. The molecule has 0 unspecified atom stereocenters. The maximum atomic E-state index is 14.0. The summed E-state index contributed by atoms with van der Waals surface area (Å²) in [7, 11) is 1.19. The molecule has 0 spiro atoms. The predicted octanol–water partition coefficient (Wildman–Crippen LogP) is 5.94. The Bertz CT molecular complexity index is 1770. The smallest absolute Gasteiger partial charge is 0.341 e. The van der Waals surface area contributed by atoms with Gasteiger partial charge in [-0.25, -0.2) is 9.59 Å². The number of aliphatic hydroxyl groups is 2. The highest BCUT2D eigenvalue weighted by Gasteiger charge is 2.59. The number of aliphatic hydroxyl groups excluding tert-OH is 1. The third kappa shape index (κ3) is 11.7. The van der Waals surface area contributed by atoms with E-state index in [0.29, 0.717) is 36.2 Å². The van der Waals surface area contributed by atoms with E-state index in [4.69, 9.17) is 28.4 Å².